The molecule has 20 heavy (non-hydrogen) atoms. The topological polar surface area (TPSA) is 50.4 Å². The van der Waals surface area contributed by atoms with Gasteiger partial charge in [0, 0.05) is 31.7 Å². The highest BCUT2D eigenvalue weighted by Gasteiger charge is 2.23. The first kappa shape index (κ1) is 15.8. The maximum Gasteiger partial charge on any atom is 0.223 e. The molecule has 0 aromatic carbocycles. The van der Waals surface area contributed by atoms with Crippen molar-refractivity contribution >= 4 is 5.91 Å². The fraction of sp³-hybridized carbons (Fsp3) is 0.938. The summed E-state index contributed by atoms with van der Waals surface area (Å²) in [6.45, 7) is 5.77. The van der Waals surface area contributed by atoms with Crippen molar-refractivity contribution in [2.24, 2.45) is 11.8 Å². The molecule has 0 radical (unpaired) electrons. The Morgan fingerprint density at radius 3 is 2.75 bits per heavy atom. The molecule has 2 aliphatic heterocycles. The minimum Gasteiger partial charge on any atom is -0.381 e. The van der Waals surface area contributed by atoms with Crippen molar-refractivity contribution < 1.29 is 9.53 Å². The highest BCUT2D eigenvalue weighted by molar-refractivity contribution is 5.78. The molecule has 116 valence electrons. The van der Waals surface area contributed by atoms with E-state index in [2.05, 4.69) is 17.6 Å². The zero-order valence-electron chi connectivity index (χ0n) is 12.8. The zero-order chi connectivity index (χ0) is 14.2. The Labute approximate surface area is 123 Å². The van der Waals surface area contributed by atoms with Crippen molar-refractivity contribution in [3.05, 3.63) is 0 Å². The molecule has 1 unspecified atom stereocenters. The van der Waals surface area contributed by atoms with Crippen LogP contribution in [-0.2, 0) is 9.53 Å². The molecule has 2 N–H and O–H groups in total. The van der Waals surface area contributed by atoms with Crippen molar-refractivity contribution in [3.8, 4) is 0 Å². The van der Waals surface area contributed by atoms with Crippen molar-refractivity contribution in [2.45, 2.75) is 57.9 Å². The van der Waals surface area contributed by atoms with Crippen LogP contribution >= 0.6 is 0 Å². The van der Waals surface area contributed by atoms with Crippen molar-refractivity contribution in [3.63, 3.8) is 0 Å². The van der Waals surface area contributed by atoms with Gasteiger partial charge in [0.15, 0.2) is 0 Å². The van der Waals surface area contributed by atoms with Gasteiger partial charge in [-0.3, -0.25) is 4.79 Å². The smallest absolute Gasteiger partial charge is 0.223 e. The number of piperidine rings is 1. The van der Waals surface area contributed by atoms with E-state index in [9.17, 15) is 4.79 Å². The van der Waals surface area contributed by atoms with E-state index in [0.717, 1.165) is 52.0 Å². The molecule has 0 aliphatic carbocycles. The van der Waals surface area contributed by atoms with Crippen LogP contribution in [0, 0.1) is 11.8 Å². The van der Waals surface area contributed by atoms with Crippen LogP contribution in [0.25, 0.3) is 0 Å². The minimum absolute atomic E-state index is 0.172. The van der Waals surface area contributed by atoms with Gasteiger partial charge in [0.25, 0.3) is 0 Å². The average Bonchev–Trinajstić information content (AvgIpc) is 2.52. The lowest BCUT2D eigenvalue weighted by molar-refractivity contribution is -0.125. The van der Waals surface area contributed by atoms with Crippen molar-refractivity contribution in [1.82, 2.24) is 10.6 Å². The molecule has 2 atom stereocenters. The Balaban J connectivity index is 1.70. The summed E-state index contributed by atoms with van der Waals surface area (Å²) in [5.74, 6) is 1.04. The summed E-state index contributed by atoms with van der Waals surface area (Å²) in [6, 6.07) is 0.544. The van der Waals surface area contributed by atoms with Crippen LogP contribution in [0.2, 0.25) is 0 Å². The van der Waals surface area contributed by atoms with Crippen molar-refractivity contribution in [2.75, 3.05) is 26.3 Å². The maximum atomic E-state index is 12.3. The van der Waals surface area contributed by atoms with Crippen LogP contribution in [0.5, 0.6) is 0 Å². The Morgan fingerprint density at radius 1 is 1.30 bits per heavy atom. The fourth-order valence-corrected chi connectivity index (χ4v) is 3.27. The molecule has 0 aromatic heterocycles. The molecule has 0 aromatic rings. The second-order valence-electron chi connectivity index (χ2n) is 6.29. The molecular formula is C16H30N2O2. The number of carbonyl (C=O) groups is 1. The predicted octanol–water partition coefficient (Wildman–Crippen LogP) is 2.09. The van der Waals surface area contributed by atoms with Crippen LogP contribution < -0.4 is 10.6 Å². The van der Waals surface area contributed by atoms with Crippen LogP contribution in [0.4, 0.5) is 0 Å². The summed E-state index contributed by atoms with van der Waals surface area (Å²) in [7, 11) is 0. The summed E-state index contributed by atoms with van der Waals surface area (Å²) in [5, 5.41) is 6.72. The van der Waals surface area contributed by atoms with E-state index in [4.69, 9.17) is 4.74 Å². The molecule has 2 heterocycles. The van der Waals surface area contributed by atoms with Crippen LogP contribution in [0.1, 0.15) is 51.9 Å². The number of hydrogen-bond acceptors (Lipinski definition) is 3. The number of rotatable bonds is 6. The number of nitrogens with one attached hydrogen (secondary N) is 2. The summed E-state index contributed by atoms with van der Waals surface area (Å²) >= 11 is 0. The molecule has 0 spiro atoms. The van der Waals surface area contributed by atoms with Gasteiger partial charge in [-0.25, -0.2) is 0 Å². The van der Waals surface area contributed by atoms with Gasteiger partial charge >= 0.3 is 0 Å². The third kappa shape index (κ3) is 5.06. The third-order valence-electron chi connectivity index (χ3n) is 4.75. The zero-order valence-corrected chi connectivity index (χ0v) is 12.8. The van der Waals surface area contributed by atoms with E-state index in [1.807, 2.05) is 0 Å². The van der Waals surface area contributed by atoms with Gasteiger partial charge in [-0.2, -0.15) is 0 Å². The first-order valence-corrected chi connectivity index (χ1v) is 8.38. The molecule has 0 bridgehead atoms. The predicted molar refractivity (Wildman–Crippen MR) is 80.6 cm³/mol. The highest BCUT2D eigenvalue weighted by Crippen LogP contribution is 2.19. The molecule has 1 amide bonds. The van der Waals surface area contributed by atoms with Gasteiger partial charge in [0.05, 0.1) is 0 Å². The lowest BCUT2D eigenvalue weighted by atomic mass is 9.91. The van der Waals surface area contributed by atoms with Crippen LogP contribution in [0.3, 0.4) is 0 Å². The Kier molecular flexibility index (Phi) is 6.80. The van der Waals surface area contributed by atoms with Gasteiger partial charge in [-0.15, -0.1) is 0 Å². The largest absolute Gasteiger partial charge is 0.381 e. The quantitative estimate of drug-likeness (QED) is 0.784. The molecule has 4 heteroatoms. The maximum absolute atomic E-state index is 12.3. The average molecular weight is 282 g/mol. The highest BCUT2D eigenvalue weighted by atomic mass is 16.5. The monoisotopic (exact) mass is 282 g/mol. The summed E-state index contributed by atoms with van der Waals surface area (Å²) < 4.78 is 5.35. The summed E-state index contributed by atoms with van der Waals surface area (Å²) in [5.41, 5.74) is 0. The Morgan fingerprint density at radius 2 is 2.10 bits per heavy atom. The van der Waals surface area contributed by atoms with Gasteiger partial charge in [0.1, 0.15) is 0 Å². The molecule has 2 aliphatic rings. The van der Waals surface area contributed by atoms with E-state index < -0.39 is 0 Å². The van der Waals surface area contributed by atoms with E-state index in [1.165, 1.54) is 19.3 Å². The molecule has 2 saturated heterocycles. The second kappa shape index (κ2) is 8.63. The molecular weight excluding hydrogens is 252 g/mol. The van der Waals surface area contributed by atoms with E-state index in [0.29, 0.717) is 12.0 Å². The first-order valence-electron chi connectivity index (χ1n) is 8.38. The second-order valence-corrected chi connectivity index (χ2v) is 6.29. The van der Waals surface area contributed by atoms with Gasteiger partial charge in [0.2, 0.25) is 5.91 Å². The molecule has 2 fully saturated rings. The van der Waals surface area contributed by atoms with E-state index in [1.54, 1.807) is 0 Å². The summed E-state index contributed by atoms with van der Waals surface area (Å²) in [4.78, 5) is 12.3. The number of ether oxygens (including phenoxy) is 1. The van der Waals surface area contributed by atoms with Crippen LogP contribution in [-0.4, -0.2) is 38.3 Å². The lowest BCUT2D eigenvalue weighted by Gasteiger charge is -2.28. The number of amides is 1. The summed E-state index contributed by atoms with van der Waals surface area (Å²) in [6.07, 6.45) is 7.92. The number of hydrogen-bond donors (Lipinski definition) is 2. The molecule has 2 rings (SSSR count). The van der Waals surface area contributed by atoms with Gasteiger partial charge in [-0.1, -0.05) is 13.3 Å². The first-order chi connectivity index (χ1) is 9.79. The van der Waals surface area contributed by atoms with Gasteiger partial charge < -0.3 is 15.4 Å². The standard InChI is InChI=1S/C16H30N2O2/c1-2-14(11-15-5-3-4-8-17-15)16(19)18-12-13-6-9-20-10-7-13/h13-15,17H,2-12H2,1H3,(H,18,19)/t14?,15-/m0/s1. The Bertz CT molecular complexity index is 284. The Hall–Kier alpha value is -0.610. The van der Waals surface area contributed by atoms with Crippen molar-refractivity contribution in [1.29, 1.82) is 0 Å². The molecule has 4 nitrogen and oxygen atoms in total. The third-order valence-corrected chi connectivity index (χ3v) is 4.75. The SMILES string of the molecule is CCC(C[C@@H]1CCCCN1)C(=O)NCC1CCOCC1. The fourth-order valence-electron chi connectivity index (χ4n) is 3.27. The van der Waals surface area contributed by atoms with Gasteiger partial charge in [-0.05, 0) is 51.0 Å². The molecule has 0 saturated carbocycles. The normalized spacial score (nSPS) is 26.1. The minimum atomic E-state index is 0.172. The van der Waals surface area contributed by atoms with E-state index >= 15 is 0 Å². The number of carbonyl (C=O) groups excluding carboxylic acids is 1. The van der Waals surface area contributed by atoms with E-state index in [-0.39, 0.29) is 11.8 Å². The lowest BCUT2D eigenvalue weighted by Crippen LogP contribution is -2.41. The van der Waals surface area contributed by atoms with Crippen LogP contribution in [0.15, 0.2) is 0 Å².